The number of amides is 2. The molecule has 1 aromatic heterocycles. The van der Waals surface area contributed by atoms with Crippen molar-refractivity contribution in [3.63, 3.8) is 0 Å². The molecule has 0 radical (unpaired) electrons. The Morgan fingerprint density at radius 1 is 0.816 bits per heavy atom. The highest BCUT2D eigenvalue weighted by atomic mass is 35.5. The van der Waals surface area contributed by atoms with E-state index >= 15 is 0 Å². The lowest BCUT2D eigenvalue weighted by atomic mass is 9.97. The Hall–Kier alpha value is -2.40. The number of benzene rings is 1. The molecular formula is C27H40ClN7O3. The number of likely N-dealkylation sites (tertiary alicyclic amines) is 1. The maximum atomic E-state index is 13.3. The Balaban J connectivity index is 0.00000294. The van der Waals surface area contributed by atoms with Gasteiger partial charge >= 0.3 is 5.69 Å². The van der Waals surface area contributed by atoms with E-state index < -0.39 is 11.9 Å². The van der Waals surface area contributed by atoms with Crippen molar-refractivity contribution in [3.8, 4) is 0 Å². The second-order valence-electron chi connectivity index (χ2n) is 11.1. The van der Waals surface area contributed by atoms with Crippen LogP contribution in [0, 0.1) is 0 Å². The van der Waals surface area contributed by atoms with Gasteiger partial charge in [0.1, 0.15) is 6.04 Å². The zero-order valence-electron chi connectivity index (χ0n) is 22.2. The van der Waals surface area contributed by atoms with Crippen LogP contribution >= 0.6 is 12.4 Å². The van der Waals surface area contributed by atoms with Gasteiger partial charge in [0, 0.05) is 51.7 Å². The summed E-state index contributed by atoms with van der Waals surface area (Å²) < 4.78 is 3.24. The molecule has 1 unspecified atom stereocenters. The van der Waals surface area contributed by atoms with Crippen LogP contribution in [0.3, 0.4) is 0 Å². The first-order valence-electron chi connectivity index (χ1n) is 14.0. The summed E-state index contributed by atoms with van der Waals surface area (Å²) in [5.41, 5.74) is 2.45. The highest BCUT2D eigenvalue weighted by Crippen LogP contribution is 2.31. The van der Waals surface area contributed by atoms with Crippen molar-refractivity contribution in [3.05, 3.63) is 28.7 Å². The van der Waals surface area contributed by atoms with Gasteiger partial charge in [0.2, 0.25) is 11.8 Å². The molecule has 0 saturated carbocycles. The quantitative estimate of drug-likeness (QED) is 0.555. The number of nitrogens with zero attached hydrogens (tertiary/aromatic N) is 5. The number of hydrogen-bond donors (Lipinski definition) is 2. The molecule has 208 valence electrons. The molecule has 4 aliphatic rings. The number of piperazine rings is 1. The van der Waals surface area contributed by atoms with Crippen LogP contribution in [0.25, 0.3) is 11.0 Å². The molecule has 0 bridgehead atoms. The Kier molecular flexibility index (Phi) is 8.14. The third-order valence-electron chi connectivity index (χ3n) is 9.10. The predicted octanol–water partition coefficient (Wildman–Crippen LogP) is 1.08. The number of carbonyl (C=O) groups excluding carboxylic acids is 2. The van der Waals surface area contributed by atoms with Crippen LogP contribution in [-0.4, -0.2) is 95.2 Å². The maximum Gasteiger partial charge on any atom is 0.329 e. The first kappa shape index (κ1) is 27.2. The molecule has 6 rings (SSSR count). The van der Waals surface area contributed by atoms with Crippen molar-refractivity contribution in [1.82, 2.24) is 29.6 Å². The standard InChI is InChI=1S/C27H39N7O3.ClH/c1-30-25-21(3-2-4-22(25)34(27(30)37)23-5-6-24(35)29-26(23)36)33-17-15-32(16-18-33)20-9-13-31(14-10-20)19-7-11-28-12-8-19;/h2-4,19-20,23,28H,5-18H2,1H3,(H,29,35,36);1H. The first-order valence-corrected chi connectivity index (χ1v) is 14.0. The zero-order valence-corrected chi connectivity index (χ0v) is 23.0. The molecule has 38 heavy (non-hydrogen) atoms. The van der Waals surface area contributed by atoms with Crippen molar-refractivity contribution in [2.45, 2.75) is 56.7 Å². The smallest absolute Gasteiger partial charge is 0.329 e. The zero-order chi connectivity index (χ0) is 25.5. The number of fused-ring (bicyclic) bond motifs is 1. The third kappa shape index (κ3) is 4.99. The van der Waals surface area contributed by atoms with Crippen LogP contribution in [0.5, 0.6) is 0 Å². The minimum atomic E-state index is -0.656. The number of rotatable bonds is 4. The van der Waals surface area contributed by atoms with Gasteiger partial charge in [-0.3, -0.25) is 28.9 Å². The third-order valence-corrected chi connectivity index (χ3v) is 9.10. The van der Waals surface area contributed by atoms with Crippen LogP contribution < -0.4 is 21.2 Å². The number of para-hydroxylation sites is 1. The highest BCUT2D eigenvalue weighted by molar-refractivity contribution is 6.00. The van der Waals surface area contributed by atoms with E-state index in [9.17, 15) is 14.4 Å². The fourth-order valence-corrected chi connectivity index (χ4v) is 7.02. The highest BCUT2D eigenvalue weighted by Gasteiger charge is 2.33. The molecule has 4 fully saturated rings. The molecule has 2 amide bonds. The molecule has 10 nitrogen and oxygen atoms in total. The van der Waals surface area contributed by atoms with Gasteiger partial charge in [0.15, 0.2) is 0 Å². The van der Waals surface area contributed by atoms with Gasteiger partial charge in [-0.15, -0.1) is 12.4 Å². The number of hydrogen-bond acceptors (Lipinski definition) is 7. The number of anilines is 1. The summed E-state index contributed by atoms with van der Waals surface area (Å²) in [6, 6.07) is 6.74. The number of aryl methyl sites for hydroxylation is 1. The monoisotopic (exact) mass is 545 g/mol. The lowest BCUT2D eigenvalue weighted by Crippen LogP contribution is -2.55. The van der Waals surface area contributed by atoms with Crippen molar-refractivity contribution < 1.29 is 9.59 Å². The number of halogens is 1. The Morgan fingerprint density at radius 3 is 2.16 bits per heavy atom. The summed E-state index contributed by atoms with van der Waals surface area (Å²) in [6.07, 6.45) is 5.66. The SMILES string of the molecule is Cl.Cn1c(=O)n(C2CCC(=O)NC2=O)c2cccc(N3CCN(C4CCN(C5CCNCC5)CC4)CC3)c21. The molecular weight excluding hydrogens is 506 g/mol. The largest absolute Gasteiger partial charge is 0.367 e. The molecule has 1 aromatic carbocycles. The minimum Gasteiger partial charge on any atom is -0.367 e. The molecule has 4 saturated heterocycles. The van der Waals surface area contributed by atoms with E-state index in [0.717, 1.165) is 62.0 Å². The number of aromatic nitrogens is 2. The fourth-order valence-electron chi connectivity index (χ4n) is 7.02. The van der Waals surface area contributed by atoms with E-state index in [0.29, 0.717) is 12.5 Å². The summed E-state index contributed by atoms with van der Waals surface area (Å²) in [7, 11) is 1.78. The molecule has 0 aliphatic carbocycles. The molecule has 2 N–H and O–H groups in total. The molecule has 2 aromatic rings. The minimum absolute atomic E-state index is 0. The Bertz CT molecular complexity index is 1220. The molecule has 0 spiro atoms. The van der Waals surface area contributed by atoms with Crippen molar-refractivity contribution in [2.75, 3.05) is 57.3 Å². The summed E-state index contributed by atoms with van der Waals surface area (Å²) in [4.78, 5) is 45.3. The summed E-state index contributed by atoms with van der Waals surface area (Å²) in [5.74, 6) is -0.666. The average molecular weight is 546 g/mol. The molecule has 4 aliphatic heterocycles. The molecule has 11 heteroatoms. The molecule has 1 atom stereocenters. The van der Waals surface area contributed by atoms with Gasteiger partial charge < -0.3 is 15.1 Å². The second-order valence-corrected chi connectivity index (χ2v) is 11.1. The summed E-state index contributed by atoms with van der Waals surface area (Å²) >= 11 is 0. The van der Waals surface area contributed by atoms with Gasteiger partial charge in [-0.25, -0.2) is 4.79 Å². The molecule has 5 heterocycles. The maximum absolute atomic E-state index is 13.3. The van der Waals surface area contributed by atoms with Crippen molar-refractivity contribution >= 4 is 40.9 Å². The van der Waals surface area contributed by atoms with Crippen molar-refractivity contribution in [2.24, 2.45) is 7.05 Å². The van der Waals surface area contributed by atoms with Crippen molar-refractivity contribution in [1.29, 1.82) is 0 Å². The normalized spacial score (nSPS) is 25.0. The second kappa shape index (κ2) is 11.4. The van der Waals surface area contributed by atoms with Crippen LogP contribution in [0.4, 0.5) is 5.69 Å². The summed E-state index contributed by atoms with van der Waals surface area (Å²) in [5, 5.41) is 5.88. The van der Waals surface area contributed by atoms with Crippen LogP contribution in [0.2, 0.25) is 0 Å². The predicted molar refractivity (Wildman–Crippen MR) is 150 cm³/mol. The van der Waals surface area contributed by atoms with Gasteiger partial charge in [-0.05, 0) is 70.4 Å². The van der Waals surface area contributed by atoms with Gasteiger partial charge in [-0.2, -0.15) is 0 Å². The van der Waals surface area contributed by atoms with Crippen LogP contribution in [-0.2, 0) is 16.6 Å². The van der Waals surface area contributed by atoms with E-state index in [2.05, 4.69) is 31.4 Å². The number of imidazole rings is 1. The van der Waals surface area contributed by atoms with E-state index in [1.165, 1.54) is 38.8 Å². The number of carbonyl (C=O) groups is 2. The number of piperidine rings is 3. The van der Waals surface area contributed by atoms with E-state index in [-0.39, 0.29) is 30.4 Å². The lowest BCUT2D eigenvalue weighted by Gasteiger charge is -2.45. The first-order chi connectivity index (χ1) is 18.0. The number of nitrogens with one attached hydrogen (secondary N) is 2. The average Bonchev–Trinajstić information content (AvgIpc) is 3.19. The Labute approximate surface area is 229 Å². The van der Waals surface area contributed by atoms with Gasteiger partial charge in [0.25, 0.3) is 0 Å². The van der Waals surface area contributed by atoms with Crippen LogP contribution in [0.15, 0.2) is 23.0 Å². The Morgan fingerprint density at radius 2 is 1.47 bits per heavy atom. The van der Waals surface area contributed by atoms with E-state index in [1.54, 1.807) is 16.2 Å². The van der Waals surface area contributed by atoms with E-state index in [4.69, 9.17) is 0 Å². The topological polar surface area (TPSA) is 94.8 Å². The van der Waals surface area contributed by atoms with Gasteiger partial charge in [-0.1, -0.05) is 6.07 Å². The summed E-state index contributed by atoms with van der Waals surface area (Å²) in [6.45, 7) is 8.63. The van der Waals surface area contributed by atoms with E-state index in [1.807, 2.05) is 12.1 Å². The van der Waals surface area contributed by atoms with Gasteiger partial charge in [0.05, 0.1) is 16.7 Å². The van der Waals surface area contributed by atoms with Crippen LogP contribution in [0.1, 0.15) is 44.6 Å². The fraction of sp³-hybridized carbons (Fsp3) is 0.667. The lowest BCUT2D eigenvalue weighted by molar-refractivity contribution is -0.135. The number of imide groups is 1.